The fourth-order valence-corrected chi connectivity index (χ4v) is 1.53. The number of amides is 1. The summed E-state index contributed by atoms with van der Waals surface area (Å²) in [5.41, 5.74) is 5.64. The lowest BCUT2D eigenvalue weighted by Gasteiger charge is -2.26. The van der Waals surface area contributed by atoms with Crippen molar-refractivity contribution in [2.24, 2.45) is 5.73 Å². The predicted molar refractivity (Wildman–Crippen MR) is 77.8 cm³/mol. The number of benzene rings is 1. The van der Waals surface area contributed by atoms with Crippen LogP contribution in [0, 0.1) is 0 Å². The van der Waals surface area contributed by atoms with Crippen molar-refractivity contribution in [3.63, 3.8) is 0 Å². The monoisotopic (exact) mass is 278 g/mol. The molecule has 0 spiro atoms. The zero-order chi connectivity index (χ0) is 15.3. The van der Waals surface area contributed by atoms with Crippen LogP contribution in [0.3, 0.4) is 0 Å². The Bertz CT molecular complexity index is 498. The highest BCUT2D eigenvalue weighted by Gasteiger charge is 2.23. The quantitative estimate of drug-likeness (QED) is 0.773. The van der Waals surface area contributed by atoms with Crippen LogP contribution in [0.5, 0.6) is 5.75 Å². The van der Waals surface area contributed by atoms with Crippen molar-refractivity contribution in [3.8, 4) is 5.75 Å². The summed E-state index contributed by atoms with van der Waals surface area (Å²) in [5.74, 6) is 0.205. The molecule has 20 heavy (non-hydrogen) atoms. The maximum absolute atomic E-state index is 12.0. The smallest absolute Gasteiger partial charge is 0.261 e. The number of rotatable bonds is 6. The van der Waals surface area contributed by atoms with Crippen LogP contribution in [-0.2, 0) is 4.79 Å². The minimum Gasteiger partial charge on any atom is -0.481 e. The van der Waals surface area contributed by atoms with Crippen LogP contribution in [0.25, 0.3) is 0 Å². The molecule has 1 aromatic carbocycles. The highest BCUT2D eigenvalue weighted by atomic mass is 16.5. The number of carbonyl (C=O) groups excluding carboxylic acids is 2. The Labute approximate surface area is 119 Å². The van der Waals surface area contributed by atoms with E-state index in [2.05, 4.69) is 5.32 Å². The van der Waals surface area contributed by atoms with Crippen LogP contribution in [0.15, 0.2) is 24.3 Å². The number of carbonyl (C=O) groups is 2. The Kier molecular flexibility index (Phi) is 5.27. The summed E-state index contributed by atoms with van der Waals surface area (Å²) in [5, 5.41) is 2.81. The molecule has 5 nitrogen and oxygen atoms in total. The van der Waals surface area contributed by atoms with Gasteiger partial charge >= 0.3 is 0 Å². The van der Waals surface area contributed by atoms with Gasteiger partial charge in [-0.05, 0) is 39.8 Å². The molecule has 1 aromatic rings. The molecule has 0 heterocycles. The largest absolute Gasteiger partial charge is 0.481 e. The minimum absolute atomic E-state index is 0.0446. The van der Waals surface area contributed by atoms with Gasteiger partial charge in [0.2, 0.25) is 0 Å². The van der Waals surface area contributed by atoms with Crippen molar-refractivity contribution in [1.29, 1.82) is 0 Å². The van der Waals surface area contributed by atoms with Crippen molar-refractivity contribution < 1.29 is 14.3 Å². The second kappa shape index (κ2) is 6.52. The zero-order valence-electron chi connectivity index (χ0n) is 12.4. The third kappa shape index (κ3) is 4.66. The number of nitrogens with one attached hydrogen (secondary N) is 1. The first-order chi connectivity index (χ1) is 9.25. The highest BCUT2D eigenvalue weighted by Crippen LogP contribution is 2.15. The van der Waals surface area contributed by atoms with E-state index in [-0.39, 0.29) is 11.7 Å². The number of ketones is 1. The topological polar surface area (TPSA) is 81.4 Å². The normalized spacial score (nSPS) is 12.7. The van der Waals surface area contributed by atoms with Gasteiger partial charge < -0.3 is 15.8 Å². The molecule has 3 N–H and O–H groups in total. The molecule has 5 heteroatoms. The lowest BCUT2D eigenvalue weighted by molar-refractivity contribution is -0.128. The Balaban J connectivity index is 2.71. The Hall–Kier alpha value is -1.88. The third-order valence-electron chi connectivity index (χ3n) is 2.89. The van der Waals surface area contributed by atoms with E-state index in [0.29, 0.717) is 17.9 Å². The van der Waals surface area contributed by atoms with E-state index in [9.17, 15) is 9.59 Å². The Morgan fingerprint density at radius 3 is 2.60 bits per heavy atom. The molecule has 1 amide bonds. The average Bonchev–Trinajstić information content (AvgIpc) is 2.38. The first kappa shape index (κ1) is 16.2. The first-order valence-electron chi connectivity index (χ1n) is 6.55. The summed E-state index contributed by atoms with van der Waals surface area (Å²) in [6, 6.07) is 6.77. The van der Waals surface area contributed by atoms with Gasteiger partial charge in [0, 0.05) is 17.6 Å². The molecule has 1 atom stereocenters. The summed E-state index contributed by atoms with van der Waals surface area (Å²) in [6.45, 7) is 7.16. The van der Waals surface area contributed by atoms with Gasteiger partial charge in [-0.15, -0.1) is 0 Å². The third-order valence-corrected chi connectivity index (χ3v) is 2.89. The molecular formula is C15H22N2O3. The SMILES string of the molecule is CC(=O)c1cccc(OC(C)C(=O)NC(C)(C)CN)c1. The number of hydrogen-bond acceptors (Lipinski definition) is 4. The summed E-state index contributed by atoms with van der Waals surface area (Å²) in [4.78, 5) is 23.3. The van der Waals surface area contributed by atoms with Crippen LogP contribution < -0.4 is 15.8 Å². The Morgan fingerprint density at radius 2 is 2.05 bits per heavy atom. The van der Waals surface area contributed by atoms with Crippen molar-refractivity contribution in [3.05, 3.63) is 29.8 Å². The van der Waals surface area contributed by atoms with Gasteiger partial charge in [0.1, 0.15) is 5.75 Å². The molecule has 0 aliphatic carbocycles. The maximum atomic E-state index is 12.0. The zero-order valence-corrected chi connectivity index (χ0v) is 12.4. The van der Waals surface area contributed by atoms with Gasteiger partial charge in [-0.2, -0.15) is 0 Å². The molecule has 0 aliphatic rings. The van der Waals surface area contributed by atoms with E-state index in [1.807, 2.05) is 13.8 Å². The summed E-state index contributed by atoms with van der Waals surface area (Å²) < 4.78 is 5.55. The predicted octanol–water partition coefficient (Wildman–Crippen LogP) is 1.51. The van der Waals surface area contributed by atoms with Gasteiger partial charge in [-0.1, -0.05) is 12.1 Å². The number of nitrogens with two attached hydrogens (primary N) is 1. The fourth-order valence-electron chi connectivity index (χ4n) is 1.53. The lowest BCUT2D eigenvalue weighted by atomic mass is 10.1. The molecule has 0 aromatic heterocycles. The molecule has 0 bridgehead atoms. The fraction of sp³-hybridized carbons (Fsp3) is 0.467. The minimum atomic E-state index is -0.664. The Morgan fingerprint density at radius 1 is 1.40 bits per heavy atom. The van der Waals surface area contributed by atoms with Crippen molar-refractivity contribution in [2.75, 3.05) is 6.54 Å². The van der Waals surface area contributed by atoms with Gasteiger partial charge in [0.05, 0.1) is 0 Å². The molecule has 110 valence electrons. The first-order valence-corrected chi connectivity index (χ1v) is 6.55. The van der Waals surface area contributed by atoms with Crippen LogP contribution in [0.4, 0.5) is 0 Å². The van der Waals surface area contributed by atoms with E-state index in [4.69, 9.17) is 10.5 Å². The summed E-state index contributed by atoms with van der Waals surface area (Å²) in [6.07, 6.45) is -0.664. The maximum Gasteiger partial charge on any atom is 0.261 e. The van der Waals surface area contributed by atoms with Gasteiger partial charge in [0.25, 0.3) is 5.91 Å². The molecule has 0 saturated heterocycles. The van der Waals surface area contributed by atoms with Crippen LogP contribution >= 0.6 is 0 Å². The standard InChI is InChI=1S/C15H22N2O3/c1-10(18)12-6-5-7-13(8-12)20-11(2)14(19)17-15(3,4)9-16/h5-8,11H,9,16H2,1-4H3,(H,17,19). The lowest BCUT2D eigenvalue weighted by Crippen LogP contribution is -2.52. The number of ether oxygens (including phenoxy) is 1. The molecular weight excluding hydrogens is 256 g/mol. The molecule has 0 radical (unpaired) electrons. The highest BCUT2D eigenvalue weighted by molar-refractivity contribution is 5.94. The number of hydrogen-bond donors (Lipinski definition) is 2. The van der Waals surface area contributed by atoms with Gasteiger partial charge in [0.15, 0.2) is 11.9 Å². The van der Waals surface area contributed by atoms with Gasteiger partial charge in [-0.3, -0.25) is 9.59 Å². The van der Waals surface area contributed by atoms with Crippen LogP contribution in [-0.4, -0.2) is 29.9 Å². The average molecular weight is 278 g/mol. The molecule has 0 saturated carbocycles. The second-order valence-corrected chi connectivity index (χ2v) is 5.42. The van der Waals surface area contributed by atoms with Crippen molar-refractivity contribution in [1.82, 2.24) is 5.32 Å². The van der Waals surface area contributed by atoms with E-state index in [0.717, 1.165) is 0 Å². The molecule has 1 rings (SSSR count). The van der Waals surface area contributed by atoms with Crippen molar-refractivity contribution >= 4 is 11.7 Å². The van der Waals surface area contributed by atoms with Crippen molar-refractivity contribution in [2.45, 2.75) is 39.3 Å². The number of Topliss-reactive ketones (excluding diaryl/α,β-unsaturated/α-hetero) is 1. The summed E-state index contributed by atoms with van der Waals surface area (Å²) in [7, 11) is 0. The molecule has 0 fully saturated rings. The van der Waals surface area contributed by atoms with E-state index < -0.39 is 11.6 Å². The second-order valence-electron chi connectivity index (χ2n) is 5.42. The van der Waals surface area contributed by atoms with Crippen LogP contribution in [0.1, 0.15) is 38.1 Å². The van der Waals surface area contributed by atoms with E-state index in [1.165, 1.54) is 6.92 Å². The van der Waals surface area contributed by atoms with E-state index >= 15 is 0 Å². The molecule has 0 aliphatic heterocycles. The van der Waals surface area contributed by atoms with Gasteiger partial charge in [-0.25, -0.2) is 0 Å². The van der Waals surface area contributed by atoms with E-state index in [1.54, 1.807) is 31.2 Å². The molecule has 1 unspecified atom stereocenters. The van der Waals surface area contributed by atoms with Crippen LogP contribution in [0.2, 0.25) is 0 Å². The summed E-state index contributed by atoms with van der Waals surface area (Å²) >= 11 is 0.